The number of halogens is 4. The lowest BCUT2D eigenvalue weighted by Crippen LogP contribution is -2.57. The minimum atomic E-state index is -2.80. The van der Waals surface area contributed by atoms with Crippen LogP contribution >= 0.6 is 23.2 Å². The Balaban J connectivity index is 1.78. The van der Waals surface area contributed by atoms with Crippen molar-refractivity contribution in [3.05, 3.63) is 27.5 Å². The summed E-state index contributed by atoms with van der Waals surface area (Å²) in [5.41, 5.74) is -1.33. The van der Waals surface area contributed by atoms with Gasteiger partial charge in [0.2, 0.25) is 5.91 Å². The van der Waals surface area contributed by atoms with Crippen LogP contribution in [0.1, 0.15) is 63.8 Å². The molecule has 31 heavy (non-hydrogen) atoms. The molecule has 5 nitrogen and oxygen atoms in total. The maximum Gasteiger partial charge on any atom is 0.266 e. The number of aromatic nitrogens is 1. The number of aliphatic hydroxyl groups is 2. The number of fused-ring (bicyclic) bond motifs is 1. The molecule has 1 saturated carbocycles. The molecule has 2 unspecified atom stereocenters. The van der Waals surface area contributed by atoms with Crippen molar-refractivity contribution in [3.63, 3.8) is 0 Å². The highest BCUT2D eigenvalue weighted by molar-refractivity contribution is 6.36. The molecule has 2 fully saturated rings. The van der Waals surface area contributed by atoms with Gasteiger partial charge < -0.3 is 15.1 Å². The van der Waals surface area contributed by atoms with E-state index in [-0.39, 0.29) is 45.9 Å². The Morgan fingerprint density at radius 1 is 1.32 bits per heavy atom. The van der Waals surface area contributed by atoms with Gasteiger partial charge in [-0.1, -0.05) is 29.6 Å². The summed E-state index contributed by atoms with van der Waals surface area (Å²) >= 11 is 12.6. The van der Waals surface area contributed by atoms with Crippen molar-refractivity contribution in [2.45, 2.75) is 77.0 Å². The third kappa shape index (κ3) is 4.70. The molecule has 0 bridgehead atoms. The van der Waals surface area contributed by atoms with E-state index in [4.69, 9.17) is 23.2 Å². The molecule has 1 amide bonds. The first-order chi connectivity index (χ1) is 14.5. The highest BCUT2D eigenvalue weighted by atomic mass is 35.5. The normalized spacial score (nSPS) is 29.4. The van der Waals surface area contributed by atoms with Crippen molar-refractivity contribution in [2.24, 2.45) is 17.8 Å². The number of aliphatic hydroxyl groups excluding tert-OH is 1. The van der Waals surface area contributed by atoms with E-state index in [1.165, 1.54) is 20.0 Å². The van der Waals surface area contributed by atoms with Crippen LogP contribution in [0.2, 0.25) is 10.0 Å². The van der Waals surface area contributed by atoms with Gasteiger partial charge in [0.05, 0.1) is 28.3 Å². The number of likely N-dealkylation sites (tertiary alicyclic amines) is 1. The second kappa shape index (κ2) is 9.46. The molecule has 9 heteroatoms. The molecule has 2 N–H and O–H groups in total. The summed E-state index contributed by atoms with van der Waals surface area (Å²) in [5, 5.41) is 20.7. The van der Waals surface area contributed by atoms with Gasteiger partial charge in [-0.05, 0) is 57.8 Å². The van der Waals surface area contributed by atoms with Crippen LogP contribution in [0.5, 0.6) is 0 Å². The van der Waals surface area contributed by atoms with Gasteiger partial charge in [0.25, 0.3) is 6.43 Å². The molecular weight excluding hydrogens is 449 g/mol. The van der Waals surface area contributed by atoms with Crippen LogP contribution in [0.15, 0.2) is 6.20 Å². The predicted molar refractivity (Wildman–Crippen MR) is 115 cm³/mol. The standard InChI is InChI=1S/C22H30Cl2F2N2O3/c1-11-13-5-4-6-16(22(3,31)21(25)26)14(13)7-8-28(11)18(30)9-15-17(23)10-27-20(12(2)29)19(15)24/h10-14,16,21,29,31H,4-9H2,1-3H3/t11-,12?,13+,14+,16+,22?/m0/s1. The summed E-state index contributed by atoms with van der Waals surface area (Å²) in [6, 6.07) is -0.141. The molecule has 1 aromatic rings. The van der Waals surface area contributed by atoms with Gasteiger partial charge in [-0.15, -0.1) is 0 Å². The van der Waals surface area contributed by atoms with Crippen LogP contribution in [-0.2, 0) is 11.2 Å². The monoisotopic (exact) mass is 478 g/mol. The molecule has 6 atom stereocenters. The summed E-state index contributed by atoms with van der Waals surface area (Å²) in [6.45, 7) is 5.15. The molecule has 3 rings (SSSR count). The van der Waals surface area contributed by atoms with Crippen molar-refractivity contribution in [3.8, 4) is 0 Å². The maximum absolute atomic E-state index is 13.5. The summed E-state index contributed by atoms with van der Waals surface area (Å²) < 4.78 is 27.0. The predicted octanol–water partition coefficient (Wildman–Crippen LogP) is 4.65. The van der Waals surface area contributed by atoms with E-state index in [1.54, 1.807) is 4.90 Å². The number of pyridine rings is 1. The van der Waals surface area contributed by atoms with Crippen molar-refractivity contribution < 1.29 is 23.8 Å². The number of piperidine rings is 1. The number of hydrogen-bond donors (Lipinski definition) is 2. The van der Waals surface area contributed by atoms with Gasteiger partial charge in [0, 0.05) is 24.3 Å². The molecule has 2 aliphatic rings. The van der Waals surface area contributed by atoms with E-state index in [9.17, 15) is 23.8 Å². The Hall–Kier alpha value is -1.02. The van der Waals surface area contributed by atoms with E-state index >= 15 is 0 Å². The number of carbonyl (C=O) groups excluding carboxylic acids is 1. The Bertz CT molecular complexity index is 822. The summed E-state index contributed by atoms with van der Waals surface area (Å²) in [7, 11) is 0. The zero-order valence-electron chi connectivity index (χ0n) is 18.0. The first kappa shape index (κ1) is 24.6. The summed E-state index contributed by atoms with van der Waals surface area (Å²) in [6.07, 6.45) is 0.399. The van der Waals surface area contributed by atoms with Crippen LogP contribution < -0.4 is 0 Å². The molecule has 2 heterocycles. The minimum absolute atomic E-state index is 0.0280. The fraction of sp³-hybridized carbons (Fsp3) is 0.727. The highest BCUT2D eigenvalue weighted by Gasteiger charge is 2.51. The lowest BCUT2D eigenvalue weighted by Gasteiger charge is -2.52. The topological polar surface area (TPSA) is 73.7 Å². The maximum atomic E-state index is 13.5. The number of carbonyl (C=O) groups is 1. The van der Waals surface area contributed by atoms with E-state index in [2.05, 4.69) is 4.98 Å². The molecule has 0 aromatic carbocycles. The number of rotatable bonds is 5. The first-order valence-corrected chi connectivity index (χ1v) is 11.5. The summed E-state index contributed by atoms with van der Waals surface area (Å²) in [5.74, 6) is -0.631. The van der Waals surface area contributed by atoms with Crippen LogP contribution in [0, 0.1) is 17.8 Å². The van der Waals surface area contributed by atoms with Crippen molar-refractivity contribution in [1.29, 1.82) is 0 Å². The quantitative estimate of drug-likeness (QED) is 0.645. The SMILES string of the molecule is CC(O)c1ncc(Cl)c(CC(=O)N2CC[C@@H]3[C@H](CCC[C@H]3C(C)(O)C(F)F)[C@@H]2C)c1Cl. The van der Waals surface area contributed by atoms with Gasteiger partial charge in [0.1, 0.15) is 5.60 Å². The molecule has 1 aromatic heterocycles. The van der Waals surface area contributed by atoms with E-state index < -0.39 is 24.0 Å². The largest absolute Gasteiger partial charge is 0.387 e. The fourth-order valence-corrected chi connectivity index (χ4v) is 6.14. The Morgan fingerprint density at radius 2 is 2.00 bits per heavy atom. The lowest BCUT2D eigenvalue weighted by molar-refractivity contribution is -0.164. The van der Waals surface area contributed by atoms with Gasteiger partial charge in [-0.3, -0.25) is 9.78 Å². The van der Waals surface area contributed by atoms with Gasteiger partial charge in [0.15, 0.2) is 0 Å². The molecule has 174 valence electrons. The molecule has 0 spiro atoms. The van der Waals surface area contributed by atoms with E-state index in [1.807, 2.05) is 6.92 Å². The lowest BCUT2D eigenvalue weighted by atomic mass is 9.61. The number of hydrogen-bond acceptors (Lipinski definition) is 4. The number of alkyl halides is 2. The van der Waals surface area contributed by atoms with Crippen LogP contribution in [0.25, 0.3) is 0 Å². The van der Waals surface area contributed by atoms with E-state index in [0.29, 0.717) is 24.9 Å². The number of nitrogens with zero attached hydrogens (tertiary/aromatic N) is 2. The smallest absolute Gasteiger partial charge is 0.266 e. The van der Waals surface area contributed by atoms with Crippen LogP contribution in [0.4, 0.5) is 8.78 Å². The van der Waals surface area contributed by atoms with Crippen molar-refractivity contribution >= 4 is 29.1 Å². The zero-order chi connectivity index (χ0) is 23.1. The fourth-order valence-electron chi connectivity index (χ4n) is 5.50. The second-order valence-corrected chi connectivity index (χ2v) is 9.93. The Labute approximate surface area is 191 Å². The van der Waals surface area contributed by atoms with Gasteiger partial charge in [-0.2, -0.15) is 0 Å². The van der Waals surface area contributed by atoms with Crippen molar-refractivity contribution in [2.75, 3.05) is 6.54 Å². The third-order valence-corrected chi connectivity index (χ3v) is 8.01. The molecule has 1 aliphatic carbocycles. The highest BCUT2D eigenvalue weighted by Crippen LogP contribution is 2.48. The van der Waals surface area contributed by atoms with Crippen molar-refractivity contribution in [1.82, 2.24) is 9.88 Å². The Morgan fingerprint density at radius 3 is 2.61 bits per heavy atom. The minimum Gasteiger partial charge on any atom is -0.387 e. The average molecular weight is 479 g/mol. The zero-order valence-corrected chi connectivity index (χ0v) is 19.5. The Kier molecular flexibility index (Phi) is 7.51. The van der Waals surface area contributed by atoms with Gasteiger partial charge in [-0.25, -0.2) is 8.78 Å². The summed E-state index contributed by atoms with van der Waals surface area (Å²) in [4.78, 5) is 19.0. The molecule has 1 aliphatic heterocycles. The first-order valence-electron chi connectivity index (χ1n) is 10.8. The second-order valence-electron chi connectivity index (χ2n) is 9.14. The van der Waals surface area contributed by atoms with Crippen LogP contribution in [0.3, 0.4) is 0 Å². The molecular formula is C22H30Cl2F2N2O3. The molecule has 1 saturated heterocycles. The number of amides is 1. The van der Waals surface area contributed by atoms with E-state index in [0.717, 1.165) is 12.8 Å². The van der Waals surface area contributed by atoms with Crippen LogP contribution in [-0.4, -0.2) is 50.6 Å². The van der Waals surface area contributed by atoms with Gasteiger partial charge >= 0.3 is 0 Å². The molecule has 0 radical (unpaired) electrons. The third-order valence-electron chi connectivity index (χ3n) is 7.27. The average Bonchev–Trinajstić information content (AvgIpc) is 2.70.